The number of fused-ring (bicyclic) bond motifs is 2. The van der Waals surface area contributed by atoms with E-state index in [1.54, 1.807) is 6.07 Å². The van der Waals surface area contributed by atoms with Crippen molar-refractivity contribution in [3.05, 3.63) is 45.0 Å². The number of furan rings is 1. The van der Waals surface area contributed by atoms with Gasteiger partial charge in [0.25, 0.3) is 0 Å². The molecule has 0 aliphatic rings. The lowest BCUT2D eigenvalue weighted by Gasteiger charge is -2.08. The number of benzene rings is 1. The number of rotatable bonds is 7. The summed E-state index contributed by atoms with van der Waals surface area (Å²) in [5.41, 5.74) is 3.40. The summed E-state index contributed by atoms with van der Waals surface area (Å²) in [5, 5.41) is 4.83. The van der Waals surface area contributed by atoms with Crippen molar-refractivity contribution < 1.29 is 13.6 Å². The van der Waals surface area contributed by atoms with E-state index < -0.39 is 0 Å². The molecule has 0 saturated heterocycles. The van der Waals surface area contributed by atoms with Crippen molar-refractivity contribution in [3.8, 4) is 0 Å². The standard InChI is InChI=1S/C22H27NO4/c1-5-6-7-10-23-21(24)9-8-16-14(3)18-11-17-13(2)15(4)26-19(17)12-20(18)27-22(16)25/h11-12H,5-10H2,1-4H3,(H,23,24). The van der Waals surface area contributed by atoms with Crippen LogP contribution in [0.4, 0.5) is 0 Å². The first-order valence-corrected chi connectivity index (χ1v) is 9.65. The van der Waals surface area contributed by atoms with Crippen LogP contribution < -0.4 is 10.9 Å². The van der Waals surface area contributed by atoms with Gasteiger partial charge in [-0.15, -0.1) is 0 Å². The Morgan fingerprint density at radius 2 is 1.70 bits per heavy atom. The summed E-state index contributed by atoms with van der Waals surface area (Å²) in [6.07, 6.45) is 3.88. The van der Waals surface area contributed by atoms with Crippen LogP contribution in [0.15, 0.2) is 25.8 Å². The molecule has 0 unspecified atom stereocenters. The van der Waals surface area contributed by atoms with Gasteiger partial charge in [-0.1, -0.05) is 19.8 Å². The predicted octanol–water partition coefficient (Wildman–Crippen LogP) is 4.70. The first-order valence-electron chi connectivity index (χ1n) is 9.65. The molecule has 1 N–H and O–H groups in total. The average molecular weight is 369 g/mol. The lowest BCUT2D eigenvalue weighted by atomic mass is 10.0. The summed E-state index contributed by atoms with van der Waals surface area (Å²) in [6, 6.07) is 3.80. The van der Waals surface area contributed by atoms with Crippen LogP contribution in [0.1, 0.15) is 55.1 Å². The SMILES string of the molecule is CCCCCNC(=O)CCc1c(C)c2cc3c(C)c(C)oc3cc2oc1=O. The van der Waals surface area contributed by atoms with E-state index in [1.807, 2.05) is 26.8 Å². The third-order valence-corrected chi connectivity index (χ3v) is 5.29. The van der Waals surface area contributed by atoms with E-state index in [1.165, 1.54) is 0 Å². The number of amides is 1. The summed E-state index contributed by atoms with van der Waals surface area (Å²) in [6.45, 7) is 8.68. The summed E-state index contributed by atoms with van der Waals surface area (Å²) in [7, 11) is 0. The zero-order chi connectivity index (χ0) is 19.6. The second-order valence-electron chi connectivity index (χ2n) is 7.18. The van der Waals surface area contributed by atoms with Crippen molar-refractivity contribution in [2.24, 2.45) is 0 Å². The first kappa shape index (κ1) is 19.2. The van der Waals surface area contributed by atoms with E-state index in [4.69, 9.17) is 8.83 Å². The van der Waals surface area contributed by atoms with Crippen LogP contribution in [0.25, 0.3) is 21.9 Å². The molecule has 5 nitrogen and oxygen atoms in total. The molecule has 0 aliphatic carbocycles. The third kappa shape index (κ3) is 3.92. The van der Waals surface area contributed by atoms with Crippen molar-refractivity contribution >= 4 is 27.8 Å². The average Bonchev–Trinajstić information content (AvgIpc) is 2.91. The Morgan fingerprint density at radius 3 is 2.44 bits per heavy atom. The van der Waals surface area contributed by atoms with Gasteiger partial charge in [0.15, 0.2) is 0 Å². The summed E-state index contributed by atoms with van der Waals surface area (Å²) in [5.74, 6) is 0.835. The maximum Gasteiger partial charge on any atom is 0.339 e. The van der Waals surface area contributed by atoms with Crippen molar-refractivity contribution in [2.75, 3.05) is 6.54 Å². The smallest absolute Gasteiger partial charge is 0.339 e. The van der Waals surface area contributed by atoms with Crippen LogP contribution in [-0.4, -0.2) is 12.5 Å². The van der Waals surface area contributed by atoms with Crippen molar-refractivity contribution in [1.29, 1.82) is 0 Å². The molecule has 0 aliphatic heterocycles. The number of hydrogen-bond donors (Lipinski definition) is 1. The third-order valence-electron chi connectivity index (χ3n) is 5.29. The van der Waals surface area contributed by atoms with Gasteiger partial charge in [-0.05, 0) is 50.8 Å². The molecule has 0 fully saturated rings. The first-order chi connectivity index (χ1) is 12.9. The minimum atomic E-state index is -0.377. The normalized spacial score (nSPS) is 11.4. The van der Waals surface area contributed by atoms with E-state index in [0.29, 0.717) is 24.1 Å². The van der Waals surface area contributed by atoms with Crippen LogP contribution in [0, 0.1) is 20.8 Å². The quantitative estimate of drug-likeness (QED) is 0.484. The molecule has 3 rings (SSSR count). The fourth-order valence-electron chi connectivity index (χ4n) is 3.44. The highest BCUT2D eigenvalue weighted by Crippen LogP contribution is 2.31. The number of carbonyl (C=O) groups excluding carboxylic acids is 1. The fourth-order valence-corrected chi connectivity index (χ4v) is 3.44. The zero-order valence-corrected chi connectivity index (χ0v) is 16.5. The lowest BCUT2D eigenvalue weighted by Crippen LogP contribution is -2.25. The van der Waals surface area contributed by atoms with Crippen LogP contribution >= 0.6 is 0 Å². The lowest BCUT2D eigenvalue weighted by molar-refractivity contribution is -0.121. The maximum atomic E-state index is 12.4. The second-order valence-corrected chi connectivity index (χ2v) is 7.18. The Bertz CT molecular complexity index is 1040. The van der Waals surface area contributed by atoms with Gasteiger partial charge >= 0.3 is 5.63 Å². The number of nitrogens with one attached hydrogen (secondary N) is 1. The van der Waals surface area contributed by atoms with Gasteiger partial charge < -0.3 is 14.2 Å². The molecule has 1 aromatic carbocycles. The molecule has 0 bridgehead atoms. The molecule has 0 spiro atoms. The van der Waals surface area contributed by atoms with Crippen LogP contribution in [0.5, 0.6) is 0 Å². The minimum Gasteiger partial charge on any atom is -0.461 e. The zero-order valence-electron chi connectivity index (χ0n) is 16.5. The molecule has 5 heteroatoms. The minimum absolute atomic E-state index is 0.0262. The molecule has 0 atom stereocenters. The number of aryl methyl sites for hydroxylation is 3. The largest absolute Gasteiger partial charge is 0.461 e. The maximum absolute atomic E-state index is 12.4. The molecule has 27 heavy (non-hydrogen) atoms. The van der Waals surface area contributed by atoms with E-state index in [-0.39, 0.29) is 18.0 Å². The van der Waals surface area contributed by atoms with Gasteiger partial charge in [-0.3, -0.25) is 4.79 Å². The number of carbonyl (C=O) groups is 1. The van der Waals surface area contributed by atoms with Crippen molar-refractivity contribution in [3.63, 3.8) is 0 Å². The summed E-state index contributed by atoms with van der Waals surface area (Å²) < 4.78 is 11.3. The van der Waals surface area contributed by atoms with Crippen LogP contribution in [-0.2, 0) is 11.2 Å². The predicted molar refractivity (Wildman–Crippen MR) is 107 cm³/mol. The highest BCUT2D eigenvalue weighted by Gasteiger charge is 2.16. The van der Waals surface area contributed by atoms with Gasteiger partial charge in [-0.2, -0.15) is 0 Å². The fraction of sp³-hybridized carbons (Fsp3) is 0.455. The van der Waals surface area contributed by atoms with E-state index in [0.717, 1.165) is 52.5 Å². The Morgan fingerprint density at radius 1 is 1.00 bits per heavy atom. The van der Waals surface area contributed by atoms with Crippen LogP contribution in [0.3, 0.4) is 0 Å². The molecule has 2 aromatic heterocycles. The Kier molecular flexibility index (Phi) is 5.68. The van der Waals surface area contributed by atoms with Gasteiger partial charge in [-0.25, -0.2) is 4.79 Å². The number of hydrogen-bond acceptors (Lipinski definition) is 4. The highest BCUT2D eigenvalue weighted by molar-refractivity contribution is 5.96. The van der Waals surface area contributed by atoms with Gasteiger partial charge in [0, 0.05) is 35.4 Å². The van der Waals surface area contributed by atoms with E-state index in [2.05, 4.69) is 12.2 Å². The topological polar surface area (TPSA) is 72.5 Å². The second kappa shape index (κ2) is 7.99. The molecule has 3 aromatic rings. The molecular formula is C22H27NO4. The molecular weight excluding hydrogens is 342 g/mol. The summed E-state index contributed by atoms with van der Waals surface area (Å²) >= 11 is 0. The molecule has 1 amide bonds. The Labute approximate surface area is 158 Å². The Balaban J connectivity index is 1.85. The Hall–Kier alpha value is -2.56. The van der Waals surface area contributed by atoms with E-state index >= 15 is 0 Å². The molecule has 2 heterocycles. The molecule has 0 radical (unpaired) electrons. The summed E-state index contributed by atoms with van der Waals surface area (Å²) in [4.78, 5) is 24.5. The van der Waals surface area contributed by atoms with E-state index in [9.17, 15) is 9.59 Å². The van der Waals surface area contributed by atoms with Gasteiger partial charge in [0.2, 0.25) is 5.91 Å². The van der Waals surface area contributed by atoms with Gasteiger partial charge in [0.1, 0.15) is 16.9 Å². The molecule has 0 saturated carbocycles. The highest BCUT2D eigenvalue weighted by atomic mass is 16.4. The van der Waals surface area contributed by atoms with Crippen molar-refractivity contribution in [1.82, 2.24) is 5.32 Å². The monoisotopic (exact) mass is 369 g/mol. The van der Waals surface area contributed by atoms with Crippen molar-refractivity contribution in [2.45, 2.75) is 59.8 Å². The molecule has 144 valence electrons. The van der Waals surface area contributed by atoms with Crippen LogP contribution in [0.2, 0.25) is 0 Å². The number of unbranched alkanes of at least 4 members (excludes halogenated alkanes) is 2. The van der Waals surface area contributed by atoms with Gasteiger partial charge in [0.05, 0.1) is 0 Å².